The topological polar surface area (TPSA) is 53.5 Å². The van der Waals surface area contributed by atoms with Crippen LogP contribution < -0.4 is 10.6 Å². The van der Waals surface area contributed by atoms with Gasteiger partial charge in [-0.25, -0.2) is 0 Å². The van der Waals surface area contributed by atoms with Crippen LogP contribution in [0.2, 0.25) is 0 Å². The van der Waals surface area contributed by atoms with Gasteiger partial charge in [-0.05, 0) is 17.5 Å². The highest BCUT2D eigenvalue weighted by atomic mass is 127. The van der Waals surface area contributed by atoms with Gasteiger partial charge < -0.3 is 10.6 Å². The second-order valence-electron chi connectivity index (χ2n) is 5.44. The maximum atomic E-state index is 12.1. The molecular weight excluding hydrogens is 445 g/mol. The third kappa shape index (κ3) is 9.02. The number of nitrogens with zero attached hydrogens (tertiary/aromatic N) is 1. The molecule has 0 aliphatic rings. The van der Waals surface area contributed by atoms with Gasteiger partial charge in [0.1, 0.15) is 0 Å². The molecule has 2 aromatic carbocycles. The van der Waals surface area contributed by atoms with E-state index < -0.39 is 10.8 Å². The highest BCUT2D eigenvalue weighted by Crippen LogP contribution is 2.02. The van der Waals surface area contributed by atoms with Gasteiger partial charge in [0.2, 0.25) is 0 Å². The average Bonchev–Trinajstić information content (AvgIpc) is 2.62. The van der Waals surface area contributed by atoms with Crippen LogP contribution in [-0.4, -0.2) is 36.1 Å². The summed E-state index contributed by atoms with van der Waals surface area (Å²) in [5.74, 6) is 1.96. The third-order valence-corrected chi connectivity index (χ3v) is 4.88. The summed E-state index contributed by atoms with van der Waals surface area (Å²) in [6.07, 6.45) is 0.946. The number of guanidine groups is 1. The van der Waals surface area contributed by atoms with E-state index in [1.807, 2.05) is 48.5 Å². The predicted octanol–water partition coefficient (Wildman–Crippen LogP) is 2.96. The second-order valence-corrected chi connectivity index (χ2v) is 7.01. The Morgan fingerprint density at radius 3 is 2.08 bits per heavy atom. The molecule has 2 N–H and O–H groups in total. The largest absolute Gasteiger partial charge is 0.356 e. The van der Waals surface area contributed by atoms with Crippen LogP contribution in [0.15, 0.2) is 65.7 Å². The predicted molar refractivity (Wildman–Crippen MR) is 118 cm³/mol. The van der Waals surface area contributed by atoms with Crippen molar-refractivity contribution in [1.82, 2.24) is 10.6 Å². The van der Waals surface area contributed by atoms with Crippen molar-refractivity contribution in [2.45, 2.75) is 12.2 Å². The van der Waals surface area contributed by atoms with Gasteiger partial charge in [-0.2, -0.15) is 0 Å². The lowest BCUT2D eigenvalue weighted by Crippen LogP contribution is -2.40. The molecule has 1 atom stereocenters. The number of hydrogen-bond acceptors (Lipinski definition) is 2. The molecule has 25 heavy (non-hydrogen) atoms. The van der Waals surface area contributed by atoms with Crippen LogP contribution in [0, 0.1) is 0 Å². The Kier molecular flexibility index (Phi) is 11.1. The van der Waals surface area contributed by atoms with Gasteiger partial charge in [-0.1, -0.05) is 60.7 Å². The van der Waals surface area contributed by atoms with Crippen molar-refractivity contribution in [3.05, 3.63) is 71.8 Å². The van der Waals surface area contributed by atoms with E-state index in [9.17, 15) is 4.21 Å². The van der Waals surface area contributed by atoms with E-state index in [1.165, 1.54) is 5.56 Å². The van der Waals surface area contributed by atoms with Crippen LogP contribution in [0.4, 0.5) is 0 Å². The van der Waals surface area contributed by atoms with Gasteiger partial charge in [0, 0.05) is 42.4 Å². The fourth-order valence-corrected chi connectivity index (χ4v) is 3.34. The molecule has 1 unspecified atom stereocenters. The smallest absolute Gasteiger partial charge is 0.191 e. The molecule has 0 amide bonds. The maximum Gasteiger partial charge on any atom is 0.191 e. The summed E-state index contributed by atoms with van der Waals surface area (Å²) in [6.45, 7) is 1.46. The lowest BCUT2D eigenvalue weighted by atomic mass is 10.1. The molecule has 136 valence electrons. The van der Waals surface area contributed by atoms with E-state index in [0.29, 0.717) is 18.1 Å². The standard InChI is InChI=1S/C19H25N3OS.HI/c1-20-19(21-13-12-17-8-4-2-5-9-17)22-14-15-24(23)16-18-10-6-3-7-11-18;/h2-11H,12-16H2,1H3,(H2,20,21,22);1H. The molecule has 6 heteroatoms. The van der Waals surface area contributed by atoms with Crippen molar-refractivity contribution in [2.75, 3.05) is 25.9 Å². The van der Waals surface area contributed by atoms with Crippen molar-refractivity contribution in [3.8, 4) is 0 Å². The first-order chi connectivity index (χ1) is 11.8. The lowest BCUT2D eigenvalue weighted by Gasteiger charge is -2.11. The molecule has 2 aromatic rings. The third-order valence-electron chi connectivity index (χ3n) is 3.57. The monoisotopic (exact) mass is 471 g/mol. The fraction of sp³-hybridized carbons (Fsp3) is 0.316. The number of hydrogen-bond donors (Lipinski definition) is 2. The first kappa shape index (κ1) is 21.6. The SMILES string of the molecule is CN=C(NCCc1ccccc1)NCCS(=O)Cc1ccccc1.I. The zero-order chi connectivity index (χ0) is 17.0. The summed E-state index contributed by atoms with van der Waals surface area (Å²) >= 11 is 0. The van der Waals surface area contributed by atoms with Gasteiger partial charge in [0.05, 0.1) is 0 Å². The van der Waals surface area contributed by atoms with Crippen LogP contribution in [0.1, 0.15) is 11.1 Å². The van der Waals surface area contributed by atoms with Gasteiger partial charge >= 0.3 is 0 Å². The van der Waals surface area contributed by atoms with E-state index in [1.54, 1.807) is 7.05 Å². The lowest BCUT2D eigenvalue weighted by molar-refractivity contribution is 0.680. The van der Waals surface area contributed by atoms with Crippen molar-refractivity contribution < 1.29 is 4.21 Å². The normalized spacial score (nSPS) is 12.1. The molecule has 0 saturated heterocycles. The molecule has 0 spiro atoms. The molecule has 0 radical (unpaired) electrons. The summed E-state index contributed by atoms with van der Waals surface area (Å²) in [5, 5.41) is 6.50. The van der Waals surface area contributed by atoms with Gasteiger partial charge in [0.15, 0.2) is 5.96 Å². The zero-order valence-electron chi connectivity index (χ0n) is 14.5. The Morgan fingerprint density at radius 1 is 0.920 bits per heavy atom. The van der Waals surface area contributed by atoms with Crippen molar-refractivity contribution in [3.63, 3.8) is 0 Å². The highest BCUT2D eigenvalue weighted by molar-refractivity contribution is 14.0. The number of halogens is 1. The van der Waals surface area contributed by atoms with E-state index in [4.69, 9.17) is 0 Å². The van der Waals surface area contributed by atoms with Crippen LogP contribution in [0.5, 0.6) is 0 Å². The Bertz CT molecular complexity index is 650. The molecule has 0 aliphatic carbocycles. The zero-order valence-corrected chi connectivity index (χ0v) is 17.6. The minimum atomic E-state index is -0.870. The summed E-state index contributed by atoms with van der Waals surface area (Å²) in [4.78, 5) is 4.20. The molecule has 0 aromatic heterocycles. The Labute approximate surface area is 170 Å². The van der Waals surface area contributed by atoms with E-state index in [0.717, 1.165) is 24.5 Å². The van der Waals surface area contributed by atoms with Crippen LogP contribution >= 0.6 is 24.0 Å². The van der Waals surface area contributed by atoms with Gasteiger partial charge in [-0.3, -0.25) is 9.20 Å². The maximum absolute atomic E-state index is 12.1. The van der Waals surface area contributed by atoms with Crippen LogP contribution in [-0.2, 0) is 23.0 Å². The minimum absolute atomic E-state index is 0. The van der Waals surface area contributed by atoms with E-state index in [2.05, 4.69) is 27.8 Å². The second kappa shape index (κ2) is 12.9. The van der Waals surface area contributed by atoms with E-state index in [-0.39, 0.29) is 24.0 Å². The summed E-state index contributed by atoms with van der Waals surface area (Å²) in [5.41, 5.74) is 2.41. The summed E-state index contributed by atoms with van der Waals surface area (Å²) < 4.78 is 12.1. The van der Waals surface area contributed by atoms with Crippen molar-refractivity contribution >= 4 is 40.7 Å². The molecule has 0 aliphatic heterocycles. The van der Waals surface area contributed by atoms with Crippen LogP contribution in [0.3, 0.4) is 0 Å². The minimum Gasteiger partial charge on any atom is -0.356 e. The molecule has 2 rings (SSSR count). The fourth-order valence-electron chi connectivity index (χ4n) is 2.31. The van der Waals surface area contributed by atoms with Gasteiger partial charge in [0.25, 0.3) is 0 Å². The average molecular weight is 471 g/mol. The molecular formula is C19H26IN3OS. The quantitative estimate of drug-likeness (QED) is 0.354. The van der Waals surface area contributed by atoms with Crippen molar-refractivity contribution in [1.29, 1.82) is 0 Å². The number of nitrogens with one attached hydrogen (secondary N) is 2. The molecule has 0 bridgehead atoms. The Hall–Kier alpha value is -1.41. The van der Waals surface area contributed by atoms with Crippen molar-refractivity contribution in [2.24, 2.45) is 4.99 Å². The number of rotatable bonds is 8. The number of benzene rings is 2. The molecule has 0 heterocycles. The Morgan fingerprint density at radius 2 is 1.48 bits per heavy atom. The highest BCUT2D eigenvalue weighted by Gasteiger charge is 2.03. The van der Waals surface area contributed by atoms with E-state index >= 15 is 0 Å². The van der Waals surface area contributed by atoms with Gasteiger partial charge in [-0.15, -0.1) is 24.0 Å². The Balaban J connectivity index is 0.00000312. The summed E-state index contributed by atoms with van der Waals surface area (Å²) in [7, 11) is 0.879. The molecule has 0 fully saturated rings. The molecule has 0 saturated carbocycles. The summed E-state index contributed by atoms with van der Waals surface area (Å²) in [6, 6.07) is 20.3. The first-order valence-corrected chi connectivity index (χ1v) is 9.64. The number of aliphatic imine (C=N–C) groups is 1. The first-order valence-electron chi connectivity index (χ1n) is 8.15. The van der Waals surface area contributed by atoms with Crippen LogP contribution in [0.25, 0.3) is 0 Å². The molecule has 4 nitrogen and oxygen atoms in total.